The van der Waals surface area contributed by atoms with E-state index < -0.39 is 0 Å². The monoisotopic (exact) mass is 250 g/mol. The van der Waals surface area contributed by atoms with Gasteiger partial charge in [-0.2, -0.15) is 5.10 Å². The molecule has 4 nitrogen and oxygen atoms in total. The third kappa shape index (κ3) is 3.12. The van der Waals surface area contributed by atoms with Gasteiger partial charge in [0.05, 0.1) is 11.4 Å². The minimum absolute atomic E-state index is 0.694. The van der Waals surface area contributed by atoms with Crippen molar-refractivity contribution < 1.29 is 0 Å². The Balaban J connectivity index is 1.91. The number of aromatic nitrogens is 2. The zero-order valence-corrected chi connectivity index (χ0v) is 12.1. The largest absolute Gasteiger partial charge is 0.314 e. The summed E-state index contributed by atoms with van der Waals surface area (Å²) in [6, 6.07) is 2.89. The molecule has 0 bridgehead atoms. The van der Waals surface area contributed by atoms with E-state index in [4.69, 9.17) is 0 Å². The lowest BCUT2D eigenvalue weighted by molar-refractivity contribution is 0.139. The quantitative estimate of drug-likeness (QED) is 0.880. The fraction of sp³-hybridized carbons (Fsp3) is 0.786. The van der Waals surface area contributed by atoms with Gasteiger partial charge in [0.25, 0.3) is 0 Å². The normalized spacial score (nSPS) is 25.6. The molecule has 2 atom stereocenters. The summed E-state index contributed by atoms with van der Waals surface area (Å²) in [5, 5.41) is 8.01. The van der Waals surface area contributed by atoms with Crippen molar-refractivity contribution in [3.63, 3.8) is 0 Å². The van der Waals surface area contributed by atoms with Crippen molar-refractivity contribution in [3.05, 3.63) is 17.5 Å². The lowest BCUT2D eigenvalue weighted by atomic mass is 9.94. The van der Waals surface area contributed by atoms with Gasteiger partial charge >= 0.3 is 0 Å². The predicted octanol–water partition coefficient (Wildman–Crippen LogP) is 1.55. The van der Waals surface area contributed by atoms with Gasteiger partial charge < -0.3 is 5.32 Å². The molecule has 1 aliphatic rings. The number of nitrogens with one attached hydrogen (secondary N) is 1. The van der Waals surface area contributed by atoms with Crippen molar-refractivity contribution in [2.24, 2.45) is 13.0 Å². The van der Waals surface area contributed by atoms with E-state index in [-0.39, 0.29) is 0 Å². The van der Waals surface area contributed by atoms with E-state index in [1.807, 2.05) is 11.7 Å². The molecule has 0 saturated carbocycles. The highest BCUT2D eigenvalue weighted by Gasteiger charge is 2.25. The standard InChI is InChI=1S/C14H26N4/c1-5-15-14-6-7-18(9-11(14)2)10-13-8-12(3)16-17(13)4/h8,11,14-15H,5-7,9-10H2,1-4H3. The number of hydrogen-bond donors (Lipinski definition) is 1. The van der Waals surface area contributed by atoms with E-state index in [0.29, 0.717) is 6.04 Å². The highest BCUT2D eigenvalue weighted by atomic mass is 15.3. The van der Waals surface area contributed by atoms with E-state index in [2.05, 4.69) is 42.2 Å². The summed E-state index contributed by atoms with van der Waals surface area (Å²) in [6.07, 6.45) is 1.26. The van der Waals surface area contributed by atoms with Crippen LogP contribution in [-0.2, 0) is 13.6 Å². The van der Waals surface area contributed by atoms with Crippen molar-refractivity contribution >= 4 is 0 Å². The van der Waals surface area contributed by atoms with Crippen LogP contribution in [0.15, 0.2) is 6.07 Å². The summed E-state index contributed by atoms with van der Waals surface area (Å²) in [5.74, 6) is 0.730. The topological polar surface area (TPSA) is 33.1 Å². The van der Waals surface area contributed by atoms with Crippen LogP contribution in [0.4, 0.5) is 0 Å². The van der Waals surface area contributed by atoms with Gasteiger partial charge in [-0.05, 0) is 31.9 Å². The summed E-state index contributed by atoms with van der Waals surface area (Å²) >= 11 is 0. The highest BCUT2D eigenvalue weighted by Crippen LogP contribution is 2.18. The summed E-state index contributed by atoms with van der Waals surface area (Å²) in [6.45, 7) is 11.1. The van der Waals surface area contributed by atoms with Crippen molar-refractivity contribution in [3.8, 4) is 0 Å². The number of aryl methyl sites for hydroxylation is 2. The molecule has 102 valence electrons. The van der Waals surface area contributed by atoms with Gasteiger partial charge in [-0.1, -0.05) is 13.8 Å². The van der Waals surface area contributed by atoms with E-state index in [9.17, 15) is 0 Å². The summed E-state index contributed by atoms with van der Waals surface area (Å²) in [5.41, 5.74) is 2.43. The third-order valence-corrected chi connectivity index (χ3v) is 3.94. The van der Waals surface area contributed by atoms with Crippen molar-refractivity contribution in [2.45, 2.75) is 39.8 Å². The number of rotatable bonds is 4. The van der Waals surface area contributed by atoms with Crippen LogP contribution in [0.3, 0.4) is 0 Å². The maximum atomic E-state index is 4.42. The van der Waals surface area contributed by atoms with Crippen molar-refractivity contribution in [2.75, 3.05) is 19.6 Å². The Morgan fingerprint density at radius 3 is 2.83 bits per heavy atom. The Bertz CT molecular complexity index is 385. The minimum atomic E-state index is 0.694. The molecule has 2 rings (SSSR count). The zero-order chi connectivity index (χ0) is 13.1. The number of piperidine rings is 1. The first kappa shape index (κ1) is 13.6. The molecule has 2 unspecified atom stereocenters. The molecule has 1 aromatic rings. The predicted molar refractivity (Wildman–Crippen MR) is 74.5 cm³/mol. The molecule has 4 heteroatoms. The second-order valence-corrected chi connectivity index (χ2v) is 5.57. The Morgan fingerprint density at radius 1 is 1.50 bits per heavy atom. The Morgan fingerprint density at radius 2 is 2.28 bits per heavy atom. The summed E-state index contributed by atoms with van der Waals surface area (Å²) < 4.78 is 2.01. The lowest BCUT2D eigenvalue weighted by Crippen LogP contribution is -2.48. The lowest BCUT2D eigenvalue weighted by Gasteiger charge is -2.37. The fourth-order valence-electron chi connectivity index (χ4n) is 2.98. The van der Waals surface area contributed by atoms with Crippen molar-refractivity contribution in [1.29, 1.82) is 0 Å². The van der Waals surface area contributed by atoms with Gasteiger partial charge in [-0.15, -0.1) is 0 Å². The van der Waals surface area contributed by atoms with Crippen LogP contribution in [-0.4, -0.2) is 40.4 Å². The molecule has 1 aromatic heterocycles. The molecular formula is C14H26N4. The molecule has 0 aromatic carbocycles. The second kappa shape index (κ2) is 5.85. The van der Waals surface area contributed by atoms with Crippen LogP contribution in [0, 0.1) is 12.8 Å². The molecule has 0 amide bonds. The maximum Gasteiger partial charge on any atom is 0.0597 e. The molecule has 1 N–H and O–H groups in total. The fourth-order valence-corrected chi connectivity index (χ4v) is 2.98. The summed E-state index contributed by atoms with van der Waals surface area (Å²) in [4.78, 5) is 2.55. The maximum absolute atomic E-state index is 4.42. The number of likely N-dealkylation sites (tertiary alicyclic amines) is 1. The van der Waals surface area contributed by atoms with Crippen LogP contribution in [0.1, 0.15) is 31.7 Å². The molecule has 1 saturated heterocycles. The van der Waals surface area contributed by atoms with Gasteiger partial charge in [0.1, 0.15) is 0 Å². The van der Waals surface area contributed by atoms with Gasteiger partial charge in [-0.3, -0.25) is 9.58 Å². The number of nitrogens with zero attached hydrogens (tertiary/aromatic N) is 3. The third-order valence-electron chi connectivity index (χ3n) is 3.94. The first-order valence-electron chi connectivity index (χ1n) is 7.05. The Kier molecular flexibility index (Phi) is 4.40. The van der Waals surface area contributed by atoms with Gasteiger partial charge in [-0.25, -0.2) is 0 Å². The average Bonchev–Trinajstić information content (AvgIpc) is 2.61. The molecule has 0 aliphatic carbocycles. The van der Waals surface area contributed by atoms with Crippen LogP contribution >= 0.6 is 0 Å². The minimum Gasteiger partial charge on any atom is -0.314 e. The van der Waals surface area contributed by atoms with E-state index in [0.717, 1.165) is 24.7 Å². The van der Waals surface area contributed by atoms with Crippen LogP contribution in [0.25, 0.3) is 0 Å². The van der Waals surface area contributed by atoms with E-state index in [1.54, 1.807) is 0 Å². The smallest absolute Gasteiger partial charge is 0.0597 e. The van der Waals surface area contributed by atoms with Crippen molar-refractivity contribution in [1.82, 2.24) is 20.0 Å². The molecular weight excluding hydrogens is 224 g/mol. The molecule has 0 radical (unpaired) electrons. The average molecular weight is 250 g/mol. The zero-order valence-electron chi connectivity index (χ0n) is 12.1. The highest BCUT2D eigenvalue weighted by molar-refractivity contribution is 5.08. The molecule has 1 aliphatic heterocycles. The molecule has 1 fully saturated rings. The second-order valence-electron chi connectivity index (χ2n) is 5.57. The van der Waals surface area contributed by atoms with Crippen LogP contribution in [0.5, 0.6) is 0 Å². The molecule has 18 heavy (non-hydrogen) atoms. The van der Waals surface area contributed by atoms with Gasteiger partial charge in [0.15, 0.2) is 0 Å². The number of hydrogen-bond acceptors (Lipinski definition) is 3. The molecule has 2 heterocycles. The Labute approximate surface area is 110 Å². The van der Waals surface area contributed by atoms with Gasteiger partial charge in [0.2, 0.25) is 0 Å². The van der Waals surface area contributed by atoms with Crippen LogP contribution < -0.4 is 5.32 Å². The van der Waals surface area contributed by atoms with Crippen LogP contribution in [0.2, 0.25) is 0 Å². The SMILES string of the molecule is CCNC1CCN(Cc2cc(C)nn2C)CC1C. The first-order chi connectivity index (χ1) is 8.60. The summed E-state index contributed by atoms with van der Waals surface area (Å²) in [7, 11) is 2.04. The van der Waals surface area contributed by atoms with Gasteiger partial charge in [0, 0.05) is 32.7 Å². The Hall–Kier alpha value is -0.870. The first-order valence-corrected chi connectivity index (χ1v) is 7.05. The molecule has 0 spiro atoms. The van der Waals surface area contributed by atoms with E-state index >= 15 is 0 Å². The van der Waals surface area contributed by atoms with E-state index in [1.165, 1.54) is 25.2 Å².